The Hall–Kier alpha value is -1.55. The Kier molecular flexibility index (Phi) is 4.44. The molecule has 1 heterocycles. The fraction of sp³-hybridized carbons (Fsp3) is 0.588. The molecule has 3 N–H and O–H groups in total. The number of rotatable bonds is 1. The molecule has 1 spiro atoms. The molecule has 1 saturated heterocycles. The van der Waals surface area contributed by atoms with E-state index in [1.165, 1.54) is 44.9 Å². The van der Waals surface area contributed by atoms with Crippen molar-refractivity contribution in [1.29, 1.82) is 0 Å². The summed E-state index contributed by atoms with van der Waals surface area (Å²) in [4.78, 5) is 6.94. The maximum Gasteiger partial charge on any atom is 0.213 e. The number of piperidine rings is 1. The van der Waals surface area contributed by atoms with Gasteiger partial charge >= 0.3 is 0 Å². The topological polar surface area (TPSA) is 53.6 Å². The van der Waals surface area contributed by atoms with Gasteiger partial charge in [0.1, 0.15) is 0 Å². The summed E-state index contributed by atoms with van der Waals surface area (Å²) in [5, 5.41) is 0. The molecule has 1 aliphatic heterocycles. The van der Waals surface area contributed by atoms with Crippen LogP contribution in [0.5, 0.6) is 0 Å². The summed E-state index contributed by atoms with van der Waals surface area (Å²) in [7, 11) is 0. The molecule has 3 rings (SSSR count). The van der Waals surface area contributed by atoms with Gasteiger partial charge in [-0.25, -0.2) is 10.8 Å². The number of nitrogens with two attached hydrogens (primary N) is 1. The normalized spacial score (nSPS) is 22.3. The summed E-state index contributed by atoms with van der Waals surface area (Å²) in [5.41, 5.74) is 4.35. The highest BCUT2D eigenvalue weighted by molar-refractivity contribution is 5.82. The van der Waals surface area contributed by atoms with E-state index >= 15 is 0 Å². The third-order valence-electron chi connectivity index (χ3n) is 5.16. The maximum atomic E-state index is 5.70. The van der Waals surface area contributed by atoms with Crippen LogP contribution in [0.1, 0.15) is 44.9 Å². The first-order valence-corrected chi connectivity index (χ1v) is 8.17. The van der Waals surface area contributed by atoms with Crippen LogP contribution in [0.4, 0.5) is 5.69 Å². The lowest BCUT2D eigenvalue weighted by Crippen LogP contribution is -2.50. The molecule has 4 nitrogen and oxygen atoms in total. The van der Waals surface area contributed by atoms with Gasteiger partial charge < -0.3 is 4.90 Å². The Balaban J connectivity index is 1.65. The molecule has 1 aromatic rings. The van der Waals surface area contributed by atoms with Crippen LogP contribution in [-0.4, -0.2) is 23.9 Å². The third-order valence-corrected chi connectivity index (χ3v) is 5.16. The minimum absolute atomic E-state index is 0.612. The second-order valence-electron chi connectivity index (χ2n) is 6.46. The zero-order valence-corrected chi connectivity index (χ0v) is 12.7. The lowest BCUT2D eigenvalue weighted by atomic mass is 9.68. The standard InChI is InChI=1S/C17H26N4/c18-20-16(19-15-7-3-1-4-8-15)21-13-11-17(12-14-21)9-5-2-6-10-17/h1,3-4,7-8H,2,5-6,9-14,18H2,(H,19,20). The zero-order chi connectivity index (χ0) is 14.5. The quantitative estimate of drug-likeness (QED) is 0.361. The van der Waals surface area contributed by atoms with E-state index in [-0.39, 0.29) is 0 Å². The highest BCUT2D eigenvalue weighted by Crippen LogP contribution is 2.44. The Morgan fingerprint density at radius 2 is 1.67 bits per heavy atom. The average molecular weight is 286 g/mol. The van der Waals surface area contributed by atoms with Crippen molar-refractivity contribution in [2.45, 2.75) is 44.9 Å². The number of hydrazine groups is 1. The number of guanidine groups is 1. The summed E-state index contributed by atoms with van der Waals surface area (Å²) >= 11 is 0. The molecule has 2 fully saturated rings. The number of benzene rings is 1. The van der Waals surface area contributed by atoms with Crippen molar-refractivity contribution in [2.75, 3.05) is 13.1 Å². The molecule has 0 aromatic heterocycles. The number of hydrogen-bond donors (Lipinski definition) is 2. The SMILES string of the molecule is NNC(=Nc1ccccc1)N1CCC2(CCCCC2)CC1. The van der Waals surface area contributed by atoms with Crippen LogP contribution >= 0.6 is 0 Å². The van der Waals surface area contributed by atoms with Crippen LogP contribution in [-0.2, 0) is 0 Å². The Morgan fingerprint density at radius 1 is 1.00 bits per heavy atom. The Bertz CT molecular complexity index is 467. The first kappa shape index (κ1) is 14.4. The van der Waals surface area contributed by atoms with Crippen LogP contribution in [0.15, 0.2) is 35.3 Å². The third kappa shape index (κ3) is 3.38. The highest BCUT2D eigenvalue weighted by Gasteiger charge is 2.36. The lowest BCUT2D eigenvalue weighted by molar-refractivity contribution is 0.0964. The van der Waals surface area contributed by atoms with E-state index in [2.05, 4.69) is 15.3 Å². The summed E-state index contributed by atoms with van der Waals surface area (Å²) < 4.78 is 0. The van der Waals surface area contributed by atoms with E-state index in [1.54, 1.807) is 0 Å². The number of hydrogen-bond acceptors (Lipinski definition) is 2. The predicted octanol–water partition coefficient (Wildman–Crippen LogP) is 3.18. The van der Waals surface area contributed by atoms with Gasteiger partial charge in [-0.3, -0.25) is 5.43 Å². The summed E-state index contributed by atoms with van der Waals surface area (Å²) in [6, 6.07) is 10.0. The van der Waals surface area contributed by atoms with Gasteiger partial charge in [0.15, 0.2) is 0 Å². The molecule has 0 radical (unpaired) electrons. The second kappa shape index (κ2) is 6.48. The molecule has 2 aliphatic rings. The van der Waals surface area contributed by atoms with Gasteiger partial charge in [-0.1, -0.05) is 37.5 Å². The minimum atomic E-state index is 0.612. The molecule has 0 unspecified atom stereocenters. The average Bonchev–Trinajstić information content (AvgIpc) is 2.55. The molecule has 4 heteroatoms. The number of aliphatic imine (C=N–C) groups is 1. The number of likely N-dealkylation sites (tertiary alicyclic amines) is 1. The number of para-hydroxylation sites is 1. The van der Waals surface area contributed by atoms with Crippen molar-refractivity contribution in [1.82, 2.24) is 10.3 Å². The molecule has 0 amide bonds. The fourth-order valence-electron chi connectivity index (χ4n) is 3.81. The molecule has 0 bridgehead atoms. The van der Waals surface area contributed by atoms with Crippen LogP contribution in [0.25, 0.3) is 0 Å². The molecule has 1 aromatic carbocycles. The van der Waals surface area contributed by atoms with Crippen LogP contribution in [0.2, 0.25) is 0 Å². The first-order chi connectivity index (χ1) is 10.3. The van der Waals surface area contributed by atoms with E-state index in [4.69, 9.17) is 5.84 Å². The van der Waals surface area contributed by atoms with Gasteiger partial charge in [0.05, 0.1) is 5.69 Å². The van der Waals surface area contributed by atoms with Gasteiger partial charge in [0, 0.05) is 13.1 Å². The van der Waals surface area contributed by atoms with E-state index < -0.39 is 0 Å². The Morgan fingerprint density at radius 3 is 2.29 bits per heavy atom. The summed E-state index contributed by atoms with van der Waals surface area (Å²) in [6.45, 7) is 2.13. The van der Waals surface area contributed by atoms with Crippen molar-refractivity contribution in [3.8, 4) is 0 Å². The van der Waals surface area contributed by atoms with Gasteiger partial charge in [0.2, 0.25) is 5.96 Å². The predicted molar refractivity (Wildman–Crippen MR) is 87.2 cm³/mol. The minimum Gasteiger partial charge on any atom is -0.342 e. The van der Waals surface area contributed by atoms with Crippen molar-refractivity contribution in [2.24, 2.45) is 16.3 Å². The van der Waals surface area contributed by atoms with Crippen LogP contribution in [0.3, 0.4) is 0 Å². The van der Waals surface area contributed by atoms with E-state index in [0.717, 1.165) is 24.7 Å². The number of nitrogens with one attached hydrogen (secondary N) is 1. The van der Waals surface area contributed by atoms with Crippen molar-refractivity contribution < 1.29 is 0 Å². The van der Waals surface area contributed by atoms with Gasteiger partial charge in [0.25, 0.3) is 0 Å². The van der Waals surface area contributed by atoms with E-state index in [0.29, 0.717) is 5.41 Å². The molecule has 0 atom stereocenters. The lowest BCUT2D eigenvalue weighted by Gasteiger charge is -2.44. The molecular weight excluding hydrogens is 260 g/mol. The van der Waals surface area contributed by atoms with E-state index in [9.17, 15) is 0 Å². The first-order valence-electron chi connectivity index (χ1n) is 8.17. The largest absolute Gasteiger partial charge is 0.342 e. The zero-order valence-electron chi connectivity index (χ0n) is 12.7. The van der Waals surface area contributed by atoms with Gasteiger partial charge in [-0.2, -0.15) is 0 Å². The molecule has 1 aliphatic carbocycles. The van der Waals surface area contributed by atoms with Gasteiger partial charge in [-0.15, -0.1) is 0 Å². The van der Waals surface area contributed by atoms with Crippen molar-refractivity contribution >= 4 is 11.6 Å². The monoisotopic (exact) mass is 286 g/mol. The molecular formula is C17H26N4. The number of nitrogens with zero attached hydrogens (tertiary/aromatic N) is 2. The summed E-state index contributed by atoms with van der Waals surface area (Å²) in [6.07, 6.45) is 9.66. The molecule has 114 valence electrons. The smallest absolute Gasteiger partial charge is 0.213 e. The highest BCUT2D eigenvalue weighted by atomic mass is 15.4. The molecule has 21 heavy (non-hydrogen) atoms. The molecule has 1 saturated carbocycles. The maximum absolute atomic E-state index is 5.70. The van der Waals surface area contributed by atoms with Gasteiger partial charge in [-0.05, 0) is 43.2 Å². The fourth-order valence-corrected chi connectivity index (χ4v) is 3.81. The van der Waals surface area contributed by atoms with Crippen molar-refractivity contribution in [3.63, 3.8) is 0 Å². The second-order valence-corrected chi connectivity index (χ2v) is 6.46. The van der Waals surface area contributed by atoms with Crippen LogP contribution < -0.4 is 11.3 Å². The summed E-state index contributed by atoms with van der Waals surface area (Å²) in [5.74, 6) is 6.50. The Labute approximate surface area is 127 Å². The van der Waals surface area contributed by atoms with Crippen LogP contribution in [0, 0.1) is 5.41 Å². The van der Waals surface area contributed by atoms with E-state index in [1.807, 2.05) is 30.3 Å². The van der Waals surface area contributed by atoms with Crippen molar-refractivity contribution in [3.05, 3.63) is 30.3 Å².